The molecule has 0 bridgehead atoms. The third-order valence-electron chi connectivity index (χ3n) is 3.00. The topological polar surface area (TPSA) is 50.7 Å². The first-order chi connectivity index (χ1) is 10.3. The van der Waals surface area contributed by atoms with Crippen molar-refractivity contribution in [3.05, 3.63) is 65.7 Å². The molecule has 0 spiro atoms. The summed E-state index contributed by atoms with van der Waals surface area (Å²) in [7, 11) is 1.62. The van der Waals surface area contributed by atoms with Crippen LogP contribution in [0.3, 0.4) is 0 Å². The third-order valence-corrected chi connectivity index (χ3v) is 3.00. The molecule has 0 fully saturated rings. The monoisotopic (exact) mass is 282 g/mol. The number of nitrogens with zero attached hydrogens (tertiary/aromatic N) is 1. The van der Waals surface area contributed by atoms with Gasteiger partial charge in [-0.05, 0) is 41.8 Å². The van der Waals surface area contributed by atoms with E-state index in [1.54, 1.807) is 13.3 Å². The molecule has 0 aliphatic rings. The zero-order chi connectivity index (χ0) is 14.9. The zero-order valence-electron chi connectivity index (χ0n) is 12.0. The minimum atomic E-state index is -0.0939. The molecule has 0 saturated carbocycles. The number of amides is 1. The van der Waals surface area contributed by atoms with E-state index in [4.69, 9.17) is 4.74 Å². The standard InChI is InChI=1S/C17H18N2O2/c1-21-16-10-7-15(8-11-16)13-18-19-17(20)12-9-14-5-3-2-4-6-14/h2-8,10-11,13H,9,12H2,1H3,(H,19,20)/b18-13+. The number of nitrogens with one attached hydrogen (secondary N) is 1. The molecule has 4 nitrogen and oxygen atoms in total. The summed E-state index contributed by atoms with van der Waals surface area (Å²) < 4.78 is 5.07. The van der Waals surface area contributed by atoms with Gasteiger partial charge in [-0.1, -0.05) is 30.3 Å². The first kappa shape index (κ1) is 14.8. The highest BCUT2D eigenvalue weighted by atomic mass is 16.5. The summed E-state index contributed by atoms with van der Waals surface area (Å²) in [6.45, 7) is 0. The van der Waals surface area contributed by atoms with E-state index in [1.807, 2.05) is 54.6 Å². The molecule has 2 rings (SSSR count). The van der Waals surface area contributed by atoms with Crippen molar-refractivity contribution < 1.29 is 9.53 Å². The lowest BCUT2D eigenvalue weighted by atomic mass is 10.1. The molecule has 2 aromatic carbocycles. The van der Waals surface area contributed by atoms with Crippen LogP contribution < -0.4 is 10.2 Å². The molecule has 108 valence electrons. The first-order valence-corrected chi connectivity index (χ1v) is 6.78. The highest BCUT2D eigenvalue weighted by Gasteiger charge is 2.00. The number of rotatable bonds is 6. The van der Waals surface area contributed by atoms with Gasteiger partial charge in [0.25, 0.3) is 0 Å². The number of methoxy groups -OCH3 is 1. The Hall–Kier alpha value is -2.62. The third kappa shape index (κ3) is 5.10. The fourth-order valence-corrected chi connectivity index (χ4v) is 1.83. The molecule has 0 saturated heterocycles. The average molecular weight is 282 g/mol. The average Bonchev–Trinajstić information content (AvgIpc) is 2.54. The maximum absolute atomic E-state index is 11.7. The fraction of sp³-hybridized carbons (Fsp3) is 0.176. The van der Waals surface area contributed by atoms with Crippen LogP contribution in [0.5, 0.6) is 5.75 Å². The highest BCUT2D eigenvalue weighted by molar-refractivity contribution is 5.82. The summed E-state index contributed by atoms with van der Waals surface area (Å²) in [4.78, 5) is 11.7. The van der Waals surface area contributed by atoms with E-state index in [2.05, 4.69) is 10.5 Å². The second-order valence-corrected chi connectivity index (χ2v) is 4.55. The van der Waals surface area contributed by atoms with Gasteiger partial charge in [-0.2, -0.15) is 5.10 Å². The Morgan fingerprint density at radius 2 is 1.86 bits per heavy atom. The molecule has 1 amide bonds. The van der Waals surface area contributed by atoms with Gasteiger partial charge < -0.3 is 4.74 Å². The predicted octanol–water partition coefficient (Wildman–Crippen LogP) is 2.78. The van der Waals surface area contributed by atoms with E-state index in [0.29, 0.717) is 12.8 Å². The maximum Gasteiger partial charge on any atom is 0.240 e. The summed E-state index contributed by atoms with van der Waals surface area (Å²) in [6, 6.07) is 17.3. The molecular weight excluding hydrogens is 264 g/mol. The summed E-state index contributed by atoms with van der Waals surface area (Å²) in [5.41, 5.74) is 4.58. The minimum Gasteiger partial charge on any atom is -0.497 e. The van der Waals surface area contributed by atoms with Gasteiger partial charge in [0, 0.05) is 6.42 Å². The van der Waals surface area contributed by atoms with Gasteiger partial charge in [-0.25, -0.2) is 5.43 Å². The number of hydrogen-bond donors (Lipinski definition) is 1. The summed E-state index contributed by atoms with van der Waals surface area (Å²) in [6.07, 6.45) is 2.74. The number of carbonyl (C=O) groups is 1. The van der Waals surface area contributed by atoms with Crippen LogP contribution >= 0.6 is 0 Å². The molecule has 4 heteroatoms. The normalized spacial score (nSPS) is 10.5. The lowest BCUT2D eigenvalue weighted by Gasteiger charge is -2.01. The molecule has 0 aliphatic heterocycles. The van der Waals surface area contributed by atoms with Crippen LogP contribution in [0, 0.1) is 0 Å². The molecule has 0 atom stereocenters. The van der Waals surface area contributed by atoms with Crippen molar-refractivity contribution in [2.45, 2.75) is 12.8 Å². The summed E-state index contributed by atoms with van der Waals surface area (Å²) in [5.74, 6) is 0.697. The Kier molecular flexibility index (Phi) is 5.52. The highest BCUT2D eigenvalue weighted by Crippen LogP contribution is 2.09. The van der Waals surface area contributed by atoms with Crippen molar-refractivity contribution in [2.75, 3.05) is 7.11 Å². The van der Waals surface area contributed by atoms with Gasteiger partial charge in [0.15, 0.2) is 0 Å². The molecule has 0 unspecified atom stereocenters. The van der Waals surface area contributed by atoms with Gasteiger partial charge in [-0.15, -0.1) is 0 Å². The van der Waals surface area contributed by atoms with Crippen molar-refractivity contribution in [2.24, 2.45) is 5.10 Å². The molecule has 0 aliphatic carbocycles. The van der Waals surface area contributed by atoms with Crippen LogP contribution in [0.25, 0.3) is 0 Å². The van der Waals surface area contributed by atoms with Gasteiger partial charge in [0.2, 0.25) is 5.91 Å². The van der Waals surface area contributed by atoms with Crippen LogP contribution in [-0.4, -0.2) is 19.2 Å². The Morgan fingerprint density at radius 1 is 1.14 bits per heavy atom. The molecular formula is C17H18N2O2. The van der Waals surface area contributed by atoms with E-state index in [1.165, 1.54) is 0 Å². The minimum absolute atomic E-state index is 0.0939. The van der Waals surface area contributed by atoms with Crippen molar-refractivity contribution in [1.82, 2.24) is 5.43 Å². The zero-order valence-corrected chi connectivity index (χ0v) is 12.0. The number of hydrogen-bond acceptors (Lipinski definition) is 3. The summed E-state index contributed by atoms with van der Waals surface area (Å²) >= 11 is 0. The maximum atomic E-state index is 11.7. The van der Waals surface area contributed by atoms with Crippen LogP contribution in [0.1, 0.15) is 17.5 Å². The van der Waals surface area contributed by atoms with Gasteiger partial charge >= 0.3 is 0 Å². The first-order valence-electron chi connectivity index (χ1n) is 6.78. The quantitative estimate of drug-likeness (QED) is 0.654. The lowest BCUT2D eigenvalue weighted by Crippen LogP contribution is -2.17. The fourth-order valence-electron chi connectivity index (χ4n) is 1.83. The Morgan fingerprint density at radius 3 is 2.52 bits per heavy atom. The molecule has 0 heterocycles. The Balaban J connectivity index is 1.76. The Labute approximate surface area is 124 Å². The number of ether oxygens (including phenoxy) is 1. The number of aryl methyl sites for hydroxylation is 1. The van der Waals surface area contributed by atoms with Crippen LogP contribution in [-0.2, 0) is 11.2 Å². The van der Waals surface area contributed by atoms with Crippen molar-refractivity contribution in [1.29, 1.82) is 0 Å². The second kappa shape index (κ2) is 7.85. The van der Waals surface area contributed by atoms with Crippen LogP contribution in [0.2, 0.25) is 0 Å². The van der Waals surface area contributed by atoms with Gasteiger partial charge in [-0.3, -0.25) is 4.79 Å². The molecule has 2 aromatic rings. The van der Waals surface area contributed by atoms with E-state index in [-0.39, 0.29) is 5.91 Å². The summed E-state index contributed by atoms with van der Waals surface area (Å²) in [5, 5.41) is 3.94. The van der Waals surface area contributed by atoms with Crippen LogP contribution in [0.15, 0.2) is 59.7 Å². The van der Waals surface area contributed by atoms with Crippen molar-refractivity contribution >= 4 is 12.1 Å². The molecule has 1 N–H and O–H groups in total. The van der Waals surface area contributed by atoms with Crippen LogP contribution in [0.4, 0.5) is 0 Å². The predicted molar refractivity (Wildman–Crippen MR) is 83.5 cm³/mol. The Bertz CT molecular complexity index is 592. The molecule has 21 heavy (non-hydrogen) atoms. The van der Waals surface area contributed by atoms with Gasteiger partial charge in [0.1, 0.15) is 5.75 Å². The lowest BCUT2D eigenvalue weighted by molar-refractivity contribution is -0.121. The SMILES string of the molecule is COc1ccc(/C=N/NC(=O)CCc2ccccc2)cc1. The largest absolute Gasteiger partial charge is 0.497 e. The number of carbonyl (C=O) groups excluding carboxylic acids is 1. The van der Waals surface area contributed by atoms with E-state index in [0.717, 1.165) is 16.9 Å². The van der Waals surface area contributed by atoms with Gasteiger partial charge in [0.05, 0.1) is 13.3 Å². The number of hydrazone groups is 1. The molecule has 0 aromatic heterocycles. The second-order valence-electron chi connectivity index (χ2n) is 4.55. The van der Waals surface area contributed by atoms with E-state index < -0.39 is 0 Å². The molecule has 0 radical (unpaired) electrons. The number of benzene rings is 2. The van der Waals surface area contributed by atoms with Crippen molar-refractivity contribution in [3.8, 4) is 5.75 Å². The van der Waals surface area contributed by atoms with E-state index >= 15 is 0 Å². The smallest absolute Gasteiger partial charge is 0.240 e. The van der Waals surface area contributed by atoms with E-state index in [9.17, 15) is 4.79 Å². The van der Waals surface area contributed by atoms with Crippen molar-refractivity contribution in [3.63, 3.8) is 0 Å².